The lowest BCUT2D eigenvalue weighted by Crippen LogP contribution is -2.32. The first-order chi connectivity index (χ1) is 12.5. The molecule has 0 saturated heterocycles. The Labute approximate surface area is 157 Å². The molecule has 9 heteroatoms. The van der Waals surface area contributed by atoms with Gasteiger partial charge >= 0.3 is 5.69 Å². The summed E-state index contributed by atoms with van der Waals surface area (Å²) in [4.78, 5) is 38.2. The van der Waals surface area contributed by atoms with Gasteiger partial charge in [-0.25, -0.2) is 9.36 Å². The van der Waals surface area contributed by atoms with Gasteiger partial charge < -0.3 is 9.73 Å². The predicted octanol–water partition coefficient (Wildman–Crippen LogP) is 2.64. The number of aromatic amines is 1. The Morgan fingerprint density at radius 3 is 2.69 bits per heavy atom. The van der Waals surface area contributed by atoms with Gasteiger partial charge in [-0.3, -0.25) is 14.6 Å². The highest BCUT2D eigenvalue weighted by atomic mass is 35.5. The van der Waals surface area contributed by atoms with E-state index in [1.807, 2.05) is 6.07 Å². The average molecular weight is 392 g/mol. The van der Waals surface area contributed by atoms with Crippen LogP contribution < -0.4 is 16.6 Å². The van der Waals surface area contributed by atoms with Gasteiger partial charge in [-0.1, -0.05) is 11.6 Å². The highest BCUT2D eigenvalue weighted by Crippen LogP contribution is 2.16. The number of nitrogens with one attached hydrogen (secondary N) is 2. The number of rotatable bonds is 6. The fraction of sp³-hybridized carbons (Fsp3) is 0.118. The zero-order valence-electron chi connectivity index (χ0n) is 13.4. The molecule has 0 radical (unpaired) electrons. The van der Waals surface area contributed by atoms with Crippen LogP contribution in [0.4, 0.5) is 5.82 Å². The van der Waals surface area contributed by atoms with Crippen molar-refractivity contribution in [3.05, 3.63) is 80.3 Å². The molecular formula is C17H14ClN3O4S. The Morgan fingerprint density at radius 2 is 2.00 bits per heavy atom. The summed E-state index contributed by atoms with van der Waals surface area (Å²) in [7, 11) is 0. The number of hydrogen-bond donors (Lipinski definition) is 2. The van der Waals surface area contributed by atoms with Gasteiger partial charge in [-0.05, 0) is 36.4 Å². The summed E-state index contributed by atoms with van der Waals surface area (Å²) in [6.45, 7) is 0. The van der Waals surface area contributed by atoms with Crippen molar-refractivity contribution in [1.82, 2.24) is 9.55 Å². The van der Waals surface area contributed by atoms with Gasteiger partial charge in [0.25, 0.3) is 5.56 Å². The first-order valence-corrected chi connectivity index (χ1v) is 9.08. The highest BCUT2D eigenvalue weighted by molar-refractivity contribution is 7.99. The van der Waals surface area contributed by atoms with Crippen LogP contribution in [-0.4, -0.2) is 21.2 Å². The molecule has 1 aromatic carbocycles. The first kappa shape index (κ1) is 18.1. The molecule has 0 aliphatic heterocycles. The average Bonchev–Trinajstić information content (AvgIpc) is 3.09. The lowest BCUT2D eigenvalue weighted by molar-refractivity contribution is -0.113. The Hall–Kier alpha value is -2.71. The van der Waals surface area contributed by atoms with Gasteiger partial charge in [-0.15, -0.1) is 11.8 Å². The second-order valence-corrected chi connectivity index (χ2v) is 6.68. The number of carbonyl (C=O) groups excluding carboxylic acids is 1. The number of aromatic nitrogens is 2. The van der Waals surface area contributed by atoms with Gasteiger partial charge in [0.15, 0.2) is 0 Å². The third-order valence-electron chi connectivity index (χ3n) is 3.35. The number of amides is 1. The van der Waals surface area contributed by atoms with Gasteiger partial charge in [0.2, 0.25) is 5.91 Å². The van der Waals surface area contributed by atoms with E-state index in [0.717, 1.165) is 11.8 Å². The molecular weight excluding hydrogens is 378 g/mol. The number of anilines is 1. The summed E-state index contributed by atoms with van der Waals surface area (Å²) in [5.41, 5.74) is -0.786. The summed E-state index contributed by atoms with van der Waals surface area (Å²) < 4.78 is 6.40. The summed E-state index contributed by atoms with van der Waals surface area (Å²) in [6.07, 6.45) is 1.57. The van der Waals surface area contributed by atoms with Crippen molar-refractivity contribution in [3.8, 4) is 5.69 Å². The molecule has 0 unspecified atom stereocenters. The quantitative estimate of drug-likeness (QED) is 0.673. The van der Waals surface area contributed by atoms with E-state index in [4.69, 9.17) is 16.0 Å². The van der Waals surface area contributed by atoms with Crippen molar-refractivity contribution in [3.63, 3.8) is 0 Å². The van der Waals surface area contributed by atoms with Crippen molar-refractivity contribution in [2.45, 2.75) is 5.75 Å². The Bertz CT molecular complexity index is 1010. The molecule has 0 aliphatic rings. The van der Waals surface area contributed by atoms with E-state index >= 15 is 0 Å². The molecule has 2 aromatic heterocycles. The number of hydrogen-bond acceptors (Lipinski definition) is 5. The van der Waals surface area contributed by atoms with Crippen molar-refractivity contribution >= 4 is 35.1 Å². The number of nitrogens with zero attached hydrogens (tertiary/aromatic N) is 1. The molecule has 0 aliphatic carbocycles. The lowest BCUT2D eigenvalue weighted by Gasteiger charge is -2.13. The number of thioether (sulfide) groups is 1. The summed E-state index contributed by atoms with van der Waals surface area (Å²) in [5.74, 6) is 1.19. The maximum absolute atomic E-state index is 12.2. The lowest BCUT2D eigenvalue weighted by atomic mass is 10.3. The summed E-state index contributed by atoms with van der Waals surface area (Å²) in [5, 5.41) is 3.11. The van der Waals surface area contributed by atoms with Crippen LogP contribution in [0.1, 0.15) is 5.76 Å². The van der Waals surface area contributed by atoms with Crippen LogP contribution in [0.15, 0.2) is 62.7 Å². The molecule has 1 amide bonds. The third kappa shape index (κ3) is 4.47. The molecule has 7 nitrogen and oxygen atoms in total. The number of halogens is 1. The fourth-order valence-electron chi connectivity index (χ4n) is 2.25. The van der Waals surface area contributed by atoms with E-state index in [1.165, 1.54) is 16.3 Å². The molecule has 0 atom stereocenters. The van der Waals surface area contributed by atoms with Gasteiger partial charge in [0, 0.05) is 11.1 Å². The van der Waals surface area contributed by atoms with E-state index in [2.05, 4.69) is 10.3 Å². The smallest absolute Gasteiger partial charge is 0.334 e. The minimum absolute atomic E-state index is 0.0877. The summed E-state index contributed by atoms with van der Waals surface area (Å²) >= 11 is 7.22. The van der Waals surface area contributed by atoms with Crippen molar-refractivity contribution in [2.24, 2.45) is 0 Å². The van der Waals surface area contributed by atoms with Crippen molar-refractivity contribution in [2.75, 3.05) is 11.1 Å². The van der Waals surface area contributed by atoms with E-state index < -0.39 is 11.2 Å². The molecule has 0 bridgehead atoms. The van der Waals surface area contributed by atoms with Gasteiger partial charge in [-0.2, -0.15) is 0 Å². The van der Waals surface area contributed by atoms with Crippen molar-refractivity contribution in [1.29, 1.82) is 0 Å². The van der Waals surface area contributed by atoms with E-state index in [0.29, 0.717) is 16.5 Å². The molecule has 134 valence electrons. The van der Waals surface area contributed by atoms with Gasteiger partial charge in [0.1, 0.15) is 11.6 Å². The van der Waals surface area contributed by atoms with Crippen LogP contribution in [0.5, 0.6) is 0 Å². The second kappa shape index (κ2) is 8.11. The third-order valence-corrected chi connectivity index (χ3v) is 4.56. The van der Waals surface area contributed by atoms with E-state index in [9.17, 15) is 14.4 Å². The zero-order chi connectivity index (χ0) is 18.5. The highest BCUT2D eigenvalue weighted by Gasteiger charge is 2.12. The SMILES string of the molecule is O=C(CSCc1ccco1)Nc1cc(=O)[nH]c(=O)n1-c1ccc(Cl)cc1. The topological polar surface area (TPSA) is 97.1 Å². The largest absolute Gasteiger partial charge is 0.468 e. The molecule has 0 spiro atoms. The maximum atomic E-state index is 12.2. The molecule has 2 heterocycles. The van der Waals surface area contributed by atoms with E-state index in [1.54, 1.807) is 36.6 Å². The number of carbonyl (C=O) groups is 1. The Kier molecular flexibility index (Phi) is 5.65. The van der Waals surface area contributed by atoms with Crippen LogP contribution in [-0.2, 0) is 10.5 Å². The maximum Gasteiger partial charge on any atom is 0.334 e. The Morgan fingerprint density at radius 1 is 1.23 bits per heavy atom. The van der Waals surface area contributed by atoms with Crippen LogP contribution in [0.25, 0.3) is 5.69 Å². The van der Waals surface area contributed by atoms with Crippen LogP contribution in [0.3, 0.4) is 0 Å². The Balaban J connectivity index is 1.78. The monoisotopic (exact) mass is 391 g/mol. The summed E-state index contributed by atoms with van der Waals surface area (Å²) in [6, 6.07) is 11.2. The second-order valence-electron chi connectivity index (χ2n) is 5.26. The number of furan rings is 1. The molecule has 0 fully saturated rings. The minimum atomic E-state index is -0.654. The number of benzene rings is 1. The van der Waals surface area contributed by atoms with Crippen LogP contribution in [0, 0.1) is 0 Å². The van der Waals surface area contributed by atoms with Gasteiger partial charge in [0.05, 0.1) is 23.5 Å². The number of H-pyrrole nitrogens is 1. The minimum Gasteiger partial charge on any atom is -0.468 e. The standard InChI is InChI=1S/C17H14ClN3O4S/c18-11-3-5-12(6-4-11)21-14(8-15(22)20-17(21)24)19-16(23)10-26-9-13-2-1-7-25-13/h1-8H,9-10H2,(H,19,23)(H,20,22,24). The molecule has 2 N–H and O–H groups in total. The van der Waals surface area contributed by atoms with Crippen LogP contribution in [0.2, 0.25) is 5.02 Å². The zero-order valence-corrected chi connectivity index (χ0v) is 15.0. The van der Waals surface area contributed by atoms with Crippen LogP contribution >= 0.6 is 23.4 Å². The molecule has 3 aromatic rings. The van der Waals surface area contributed by atoms with E-state index in [-0.39, 0.29) is 17.5 Å². The molecule has 26 heavy (non-hydrogen) atoms. The predicted molar refractivity (Wildman–Crippen MR) is 101 cm³/mol. The molecule has 3 rings (SSSR count). The first-order valence-electron chi connectivity index (χ1n) is 7.55. The molecule has 0 saturated carbocycles. The normalized spacial score (nSPS) is 10.7. The van der Waals surface area contributed by atoms with Crippen molar-refractivity contribution < 1.29 is 9.21 Å². The fourth-order valence-corrected chi connectivity index (χ4v) is 3.10.